The number of morpholine rings is 1. The molecule has 0 saturated carbocycles. The average molecular weight is 333 g/mol. The molecule has 2 aromatic rings. The van der Waals surface area contributed by atoms with Crippen molar-refractivity contribution in [1.82, 2.24) is 9.97 Å². The SMILES string of the molecule is Cc1cc(C)c(Nc2cc(C)nc(N3CCOCC3)n2)c(Cl)c1. The first kappa shape index (κ1) is 16.0. The molecule has 122 valence electrons. The fourth-order valence-electron chi connectivity index (χ4n) is 2.72. The van der Waals surface area contributed by atoms with E-state index in [1.807, 2.05) is 32.9 Å². The Balaban J connectivity index is 1.90. The molecule has 0 radical (unpaired) electrons. The predicted octanol–water partition coefficient (Wildman–Crippen LogP) is 3.64. The third kappa shape index (κ3) is 3.74. The fraction of sp³-hybridized carbons (Fsp3) is 0.412. The second-order valence-electron chi connectivity index (χ2n) is 5.86. The van der Waals surface area contributed by atoms with E-state index in [1.54, 1.807) is 0 Å². The minimum atomic E-state index is 0.701. The van der Waals surface area contributed by atoms with Crippen LogP contribution < -0.4 is 10.2 Å². The Kier molecular flexibility index (Phi) is 4.68. The maximum absolute atomic E-state index is 6.38. The van der Waals surface area contributed by atoms with Gasteiger partial charge in [-0.1, -0.05) is 17.7 Å². The molecule has 2 heterocycles. The van der Waals surface area contributed by atoms with Crippen molar-refractivity contribution < 1.29 is 4.74 Å². The molecule has 3 rings (SSSR count). The van der Waals surface area contributed by atoms with E-state index in [2.05, 4.69) is 26.3 Å². The molecule has 0 atom stereocenters. The summed E-state index contributed by atoms with van der Waals surface area (Å²) in [4.78, 5) is 11.3. The number of halogens is 1. The van der Waals surface area contributed by atoms with Gasteiger partial charge in [0.05, 0.1) is 23.9 Å². The zero-order valence-corrected chi connectivity index (χ0v) is 14.4. The van der Waals surface area contributed by atoms with Gasteiger partial charge in [-0.05, 0) is 38.0 Å². The van der Waals surface area contributed by atoms with E-state index in [4.69, 9.17) is 16.3 Å². The number of aryl methyl sites for hydroxylation is 3. The molecule has 23 heavy (non-hydrogen) atoms. The van der Waals surface area contributed by atoms with Crippen molar-refractivity contribution in [3.8, 4) is 0 Å². The third-order valence-electron chi connectivity index (χ3n) is 3.82. The van der Waals surface area contributed by atoms with Crippen LogP contribution in [0, 0.1) is 20.8 Å². The number of hydrogen-bond donors (Lipinski definition) is 1. The predicted molar refractivity (Wildman–Crippen MR) is 94.0 cm³/mol. The van der Waals surface area contributed by atoms with E-state index in [0.29, 0.717) is 18.2 Å². The molecule has 1 N–H and O–H groups in total. The summed E-state index contributed by atoms with van der Waals surface area (Å²) in [5, 5.41) is 4.05. The van der Waals surface area contributed by atoms with Gasteiger partial charge in [0, 0.05) is 24.8 Å². The van der Waals surface area contributed by atoms with Crippen LogP contribution in [0.2, 0.25) is 5.02 Å². The number of nitrogens with zero attached hydrogens (tertiary/aromatic N) is 3. The van der Waals surface area contributed by atoms with Crippen molar-refractivity contribution in [2.45, 2.75) is 20.8 Å². The number of nitrogens with one attached hydrogen (secondary N) is 1. The van der Waals surface area contributed by atoms with E-state index in [1.165, 1.54) is 0 Å². The second-order valence-corrected chi connectivity index (χ2v) is 6.26. The van der Waals surface area contributed by atoms with Crippen LogP contribution in [0.5, 0.6) is 0 Å². The number of ether oxygens (including phenoxy) is 1. The van der Waals surface area contributed by atoms with Crippen molar-refractivity contribution in [3.63, 3.8) is 0 Å². The highest BCUT2D eigenvalue weighted by atomic mass is 35.5. The highest BCUT2D eigenvalue weighted by molar-refractivity contribution is 6.33. The molecule has 1 saturated heterocycles. The first-order valence-corrected chi connectivity index (χ1v) is 8.13. The monoisotopic (exact) mass is 332 g/mol. The molecule has 0 spiro atoms. The van der Waals surface area contributed by atoms with E-state index >= 15 is 0 Å². The Bertz CT molecular complexity index is 691. The van der Waals surface area contributed by atoms with E-state index in [9.17, 15) is 0 Å². The van der Waals surface area contributed by atoms with Crippen LogP contribution in [0.4, 0.5) is 17.5 Å². The minimum Gasteiger partial charge on any atom is -0.378 e. The van der Waals surface area contributed by atoms with Gasteiger partial charge in [-0.25, -0.2) is 4.98 Å². The number of aromatic nitrogens is 2. The van der Waals surface area contributed by atoms with Crippen molar-refractivity contribution in [2.24, 2.45) is 0 Å². The normalized spacial score (nSPS) is 14.9. The summed E-state index contributed by atoms with van der Waals surface area (Å²) in [7, 11) is 0. The maximum atomic E-state index is 6.38. The van der Waals surface area contributed by atoms with Crippen molar-refractivity contribution in [3.05, 3.63) is 40.0 Å². The van der Waals surface area contributed by atoms with Crippen LogP contribution in [-0.2, 0) is 4.74 Å². The summed E-state index contributed by atoms with van der Waals surface area (Å²) in [6, 6.07) is 5.98. The summed E-state index contributed by atoms with van der Waals surface area (Å²) >= 11 is 6.38. The fourth-order valence-corrected chi connectivity index (χ4v) is 3.09. The topological polar surface area (TPSA) is 50.3 Å². The molecule has 6 heteroatoms. The van der Waals surface area contributed by atoms with Crippen LogP contribution in [0.3, 0.4) is 0 Å². The Labute approximate surface area is 141 Å². The van der Waals surface area contributed by atoms with Gasteiger partial charge in [0.25, 0.3) is 0 Å². The highest BCUT2D eigenvalue weighted by Gasteiger charge is 2.15. The lowest BCUT2D eigenvalue weighted by Crippen LogP contribution is -2.37. The van der Waals surface area contributed by atoms with Crippen molar-refractivity contribution >= 4 is 29.1 Å². The molecule has 0 bridgehead atoms. The molecular formula is C17H21ClN4O. The van der Waals surface area contributed by atoms with Gasteiger partial charge in [0.2, 0.25) is 5.95 Å². The maximum Gasteiger partial charge on any atom is 0.227 e. The number of rotatable bonds is 3. The van der Waals surface area contributed by atoms with Gasteiger partial charge in [0.1, 0.15) is 5.82 Å². The highest BCUT2D eigenvalue weighted by Crippen LogP contribution is 2.30. The van der Waals surface area contributed by atoms with Gasteiger partial charge in [-0.2, -0.15) is 4.98 Å². The first-order chi connectivity index (χ1) is 11.0. The number of anilines is 3. The zero-order chi connectivity index (χ0) is 16.4. The Morgan fingerprint density at radius 3 is 2.52 bits per heavy atom. The standard InChI is InChI=1S/C17H21ClN4O/c1-11-8-12(2)16(14(18)9-11)20-15-10-13(3)19-17(21-15)22-4-6-23-7-5-22/h8-10H,4-7H2,1-3H3,(H,19,20,21). The van der Waals surface area contributed by atoms with Gasteiger partial charge in [-0.15, -0.1) is 0 Å². The lowest BCUT2D eigenvalue weighted by Gasteiger charge is -2.27. The molecule has 1 aliphatic rings. The summed E-state index contributed by atoms with van der Waals surface area (Å²) in [6.45, 7) is 9.10. The van der Waals surface area contributed by atoms with Crippen molar-refractivity contribution in [2.75, 3.05) is 36.5 Å². The summed E-state index contributed by atoms with van der Waals surface area (Å²) in [6.07, 6.45) is 0. The molecule has 5 nitrogen and oxygen atoms in total. The van der Waals surface area contributed by atoms with Crippen LogP contribution in [0.25, 0.3) is 0 Å². The first-order valence-electron chi connectivity index (χ1n) is 7.75. The molecule has 1 aliphatic heterocycles. The van der Waals surface area contributed by atoms with E-state index < -0.39 is 0 Å². The molecule has 0 amide bonds. The Hall–Kier alpha value is -1.85. The van der Waals surface area contributed by atoms with Crippen LogP contribution in [0.1, 0.15) is 16.8 Å². The number of hydrogen-bond acceptors (Lipinski definition) is 5. The van der Waals surface area contributed by atoms with E-state index in [0.717, 1.165) is 47.4 Å². The minimum absolute atomic E-state index is 0.701. The van der Waals surface area contributed by atoms with Gasteiger partial charge < -0.3 is 15.0 Å². The van der Waals surface area contributed by atoms with Gasteiger partial charge >= 0.3 is 0 Å². The average Bonchev–Trinajstić information content (AvgIpc) is 2.51. The molecule has 0 unspecified atom stereocenters. The number of benzene rings is 1. The quantitative estimate of drug-likeness (QED) is 0.930. The second kappa shape index (κ2) is 6.72. The molecule has 1 aromatic carbocycles. The summed E-state index contributed by atoms with van der Waals surface area (Å²) in [5.41, 5.74) is 4.05. The Morgan fingerprint density at radius 2 is 1.83 bits per heavy atom. The summed E-state index contributed by atoms with van der Waals surface area (Å²) in [5.74, 6) is 1.49. The lowest BCUT2D eigenvalue weighted by molar-refractivity contribution is 0.122. The van der Waals surface area contributed by atoms with Crippen LogP contribution >= 0.6 is 11.6 Å². The smallest absolute Gasteiger partial charge is 0.227 e. The van der Waals surface area contributed by atoms with Crippen LogP contribution in [0.15, 0.2) is 18.2 Å². The zero-order valence-electron chi connectivity index (χ0n) is 13.7. The molecule has 0 aliphatic carbocycles. The molecule has 1 fully saturated rings. The largest absolute Gasteiger partial charge is 0.378 e. The van der Waals surface area contributed by atoms with E-state index in [-0.39, 0.29) is 0 Å². The van der Waals surface area contributed by atoms with Crippen molar-refractivity contribution in [1.29, 1.82) is 0 Å². The molecular weight excluding hydrogens is 312 g/mol. The Morgan fingerprint density at radius 1 is 1.09 bits per heavy atom. The third-order valence-corrected chi connectivity index (χ3v) is 4.12. The van der Waals surface area contributed by atoms with Crippen LogP contribution in [-0.4, -0.2) is 36.3 Å². The molecule has 1 aromatic heterocycles. The van der Waals surface area contributed by atoms with Gasteiger partial charge in [-0.3, -0.25) is 0 Å². The lowest BCUT2D eigenvalue weighted by atomic mass is 10.1. The summed E-state index contributed by atoms with van der Waals surface area (Å²) < 4.78 is 5.39. The van der Waals surface area contributed by atoms with Gasteiger partial charge in [0.15, 0.2) is 0 Å².